The molecule has 3 aromatic heterocycles. The Morgan fingerprint density at radius 2 is 1.97 bits per heavy atom. The number of hydrogen-bond acceptors (Lipinski definition) is 10. The van der Waals surface area contributed by atoms with Crippen molar-refractivity contribution in [2.45, 2.75) is 45.2 Å². The molecule has 12 nitrogen and oxygen atoms in total. The maximum atomic E-state index is 13.0. The Morgan fingerprint density at radius 3 is 2.70 bits per heavy atom. The molecule has 1 atom stereocenters. The topological polar surface area (TPSA) is 140 Å². The summed E-state index contributed by atoms with van der Waals surface area (Å²) in [7, 11) is 3.91. The minimum absolute atomic E-state index is 0.0289. The van der Waals surface area contributed by atoms with Gasteiger partial charge in [0.25, 0.3) is 0 Å². The Bertz CT molecular complexity index is 1420. The summed E-state index contributed by atoms with van der Waals surface area (Å²) < 4.78 is 6.95. The second kappa shape index (κ2) is 9.69. The zero-order chi connectivity index (χ0) is 26.2. The standard InChI is InChI=1S/C25H30N10O2/c1-25(2,3)23-31-22(37-33-23)21(36)28-18-8-10-34(4)13-16-12-15(6-7-17(16)18)20-26-14-27-24(30-20)29-19-9-11-35(5)32-19/h6-7,9,11-12,14,18H,8,10,13H2,1-5H3,(H,28,36)(H,26,27,29,30,32)/t18-/m1/s1. The number of nitrogens with one attached hydrogen (secondary N) is 2. The van der Waals surface area contributed by atoms with Crippen LogP contribution in [0.15, 0.2) is 41.3 Å². The third-order valence-corrected chi connectivity index (χ3v) is 6.14. The smallest absolute Gasteiger partial charge is 0.315 e. The minimum Gasteiger partial charge on any atom is -0.341 e. The Balaban J connectivity index is 1.39. The van der Waals surface area contributed by atoms with Crippen LogP contribution in [0.3, 0.4) is 0 Å². The number of amides is 1. The molecule has 1 aliphatic rings. The predicted molar refractivity (Wildman–Crippen MR) is 136 cm³/mol. The average molecular weight is 503 g/mol. The number of aryl methyl sites for hydroxylation is 1. The molecule has 0 radical (unpaired) electrons. The van der Waals surface area contributed by atoms with Crippen LogP contribution in [0.4, 0.5) is 11.8 Å². The summed E-state index contributed by atoms with van der Waals surface area (Å²) in [5.74, 6) is 1.70. The number of aromatic nitrogens is 7. The molecule has 1 aliphatic heterocycles. The first-order chi connectivity index (χ1) is 17.7. The number of hydrogen-bond donors (Lipinski definition) is 2. The molecule has 4 heterocycles. The summed E-state index contributed by atoms with van der Waals surface area (Å²) in [5, 5.41) is 14.5. The maximum Gasteiger partial charge on any atom is 0.315 e. The molecule has 192 valence electrons. The first kappa shape index (κ1) is 24.5. The van der Waals surface area contributed by atoms with Gasteiger partial charge in [-0.05, 0) is 30.7 Å². The maximum absolute atomic E-state index is 13.0. The number of benzene rings is 1. The molecule has 4 aromatic rings. The molecule has 0 bridgehead atoms. The van der Waals surface area contributed by atoms with Crippen LogP contribution in [-0.4, -0.2) is 59.3 Å². The molecule has 12 heteroatoms. The summed E-state index contributed by atoms with van der Waals surface area (Å²) in [6, 6.07) is 7.70. The fourth-order valence-corrected chi connectivity index (χ4v) is 4.18. The second-order valence-electron chi connectivity index (χ2n) is 10.3. The quantitative estimate of drug-likeness (QED) is 0.418. The lowest BCUT2D eigenvalue weighted by atomic mass is 9.96. The van der Waals surface area contributed by atoms with E-state index in [9.17, 15) is 4.79 Å². The molecule has 0 aliphatic carbocycles. The van der Waals surface area contributed by atoms with Gasteiger partial charge in [-0.2, -0.15) is 15.1 Å². The van der Waals surface area contributed by atoms with E-state index in [1.165, 1.54) is 6.33 Å². The van der Waals surface area contributed by atoms with E-state index in [-0.39, 0.29) is 23.3 Å². The molecular weight excluding hydrogens is 472 g/mol. The van der Waals surface area contributed by atoms with Crippen LogP contribution in [0.25, 0.3) is 11.4 Å². The van der Waals surface area contributed by atoms with E-state index < -0.39 is 0 Å². The Morgan fingerprint density at radius 1 is 1.14 bits per heavy atom. The van der Waals surface area contributed by atoms with Crippen molar-refractivity contribution in [3.05, 3.63) is 59.6 Å². The number of rotatable bonds is 5. The Labute approximate surface area is 214 Å². The molecule has 5 rings (SSSR count). The highest BCUT2D eigenvalue weighted by Crippen LogP contribution is 2.30. The third kappa shape index (κ3) is 5.48. The van der Waals surface area contributed by atoms with E-state index in [2.05, 4.69) is 58.8 Å². The van der Waals surface area contributed by atoms with Crippen molar-refractivity contribution in [3.8, 4) is 11.4 Å². The molecule has 0 saturated carbocycles. The summed E-state index contributed by atoms with van der Waals surface area (Å²) in [4.78, 5) is 32.7. The van der Waals surface area contributed by atoms with Crippen LogP contribution in [0.1, 0.15) is 60.9 Å². The molecule has 0 spiro atoms. The van der Waals surface area contributed by atoms with Crippen molar-refractivity contribution < 1.29 is 9.32 Å². The van der Waals surface area contributed by atoms with Crippen molar-refractivity contribution in [3.63, 3.8) is 0 Å². The van der Waals surface area contributed by atoms with E-state index in [4.69, 9.17) is 4.52 Å². The third-order valence-electron chi connectivity index (χ3n) is 6.14. The van der Waals surface area contributed by atoms with Crippen molar-refractivity contribution in [2.24, 2.45) is 7.05 Å². The van der Waals surface area contributed by atoms with Gasteiger partial charge in [-0.1, -0.05) is 38.1 Å². The van der Waals surface area contributed by atoms with Crippen molar-refractivity contribution in [1.82, 2.24) is 45.1 Å². The summed E-state index contributed by atoms with van der Waals surface area (Å²) in [6.45, 7) is 7.46. The number of carbonyl (C=O) groups is 1. The molecular formula is C25H30N10O2. The average Bonchev–Trinajstić information content (AvgIpc) is 3.48. The van der Waals surface area contributed by atoms with Gasteiger partial charge in [0.15, 0.2) is 17.5 Å². The van der Waals surface area contributed by atoms with E-state index >= 15 is 0 Å². The number of fused-ring (bicyclic) bond motifs is 1. The highest BCUT2D eigenvalue weighted by molar-refractivity contribution is 5.89. The highest BCUT2D eigenvalue weighted by Gasteiger charge is 2.28. The van der Waals surface area contributed by atoms with Crippen LogP contribution in [0.2, 0.25) is 0 Å². The summed E-state index contributed by atoms with van der Waals surface area (Å²) >= 11 is 0. The van der Waals surface area contributed by atoms with Gasteiger partial charge in [-0.25, -0.2) is 9.97 Å². The second-order valence-corrected chi connectivity index (χ2v) is 10.3. The molecule has 0 unspecified atom stereocenters. The van der Waals surface area contributed by atoms with E-state index in [0.29, 0.717) is 23.4 Å². The van der Waals surface area contributed by atoms with Crippen molar-refractivity contribution >= 4 is 17.7 Å². The van der Waals surface area contributed by atoms with Crippen molar-refractivity contribution in [2.75, 3.05) is 18.9 Å². The van der Waals surface area contributed by atoms with E-state index in [1.54, 1.807) is 4.68 Å². The minimum atomic E-state index is -0.379. The first-order valence-electron chi connectivity index (χ1n) is 12.1. The Hall–Kier alpha value is -4.19. The number of nitrogens with zero attached hydrogens (tertiary/aromatic N) is 8. The van der Waals surface area contributed by atoms with E-state index in [0.717, 1.165) is 36.2 Å². The molecule has 1 amide bonds. The van der Waals surface area contributed by atoms with Gasteiger partial charge >= 0.3 is 11.8 Å². The van der Waals surface area contributed by atoms with Crippen LogP contribution < -0.4 is 10.6 Å². The zero-order valence-corrected chi connectivity index (χ0v) is 21.6. The molecule has 0 saturated heterocycles. The van der Waals surface area contributed by atoms with Crippen LogP contribution in [0, 0.1) is 0 Å². The molecule has 37 heavy (non-hydrogen) atoms. The van der Waals surface area contributed by atoms with Gasteiger partial charge in [0.2, 0.25) is 5.95 Å². The monoisotopic (exact) mass is 502 g/mol. The fourth-order valence-electron chi connectivity index (χ4n) is 4.18. The van der Waals surface area contributed by atoms with Gasteiger partial charge in [-0.3, -0.25) is 9.48 Å². The van der Waals surface area contributed by atoms with Gasteiger partial charge in [-0.15, -0.1) is 0 Å². The number of carbonyl (C=O) groups excluding carboxylic acids is 1. The zero-order valence-electron chi connectivity index (χ0n) is 21.6. The fraction of sp³-hybridized carbons (Fsp3) is 0.400. The van der Waals surface area contributed by atoms with Gasteiger partial charge < -0.3 is 20.1 Å². The van der Waals surface area contributed by atoms with E-state index in [1.807, 2.05) is 52.2 Å². The van der Waals surface area contributed by atoms with Crippen LogP contribution in [0.5, 0.6) is 0 Å². The molecule has 2 N–H and O–H groups in total. The summed E-state index contributed by atoms with van der Waals surface area (Å²) in [5.41, 5.74) is 2.68. The summed E-state index contributed by atoms with van der Waals surface area (Å²) in [6.07, 6.45) is 4.06. The lowest BCUT2D eigenvalue weighted by Gasteiger charge is -2.18. The van der Waals surface area contributed by atoms with Gasteiger partial charge in [0.05, 0.1) is 6.04 Å². The highest BCUT2D eigenvalue weighted by atomic mass is 16.5. The van der Waals surface area contributed by atoms with Crippen LogP contribution in [-0.2, 0) is 19.0 Å². The number of anilines is 2. The van der Waals surface area contributed by atoms with Gasteiger partial charge in [0, 0.05) is 43.4 Å². The SMILES string of the molecule is CN1CC[C@@H](NC(=O)c2nc(C(C)(C)C)no2)c2ccc(-c3ncnc(Nc4ccn(C)n4)n3)cc2C1. The largest absolute Gasteiger partial charge is 0.341 e. The van der Waals surface area contributed by atoms with Gasteiger partial charge in [0.1, 0.15) is 6.33 Å². The predicted octanol–water partition coefficient (Wildman–Crippen LogP) is 3.00. The normalized spacial score (nSPS) is 16.2. The van der Waals surface area contributed by atoms with Crippen LogP contribution >= 0.6 is 0 Å². The Kier molecular flexibility index (Phi) is 6.42. The van der Waals surface area contributed by atoms with Crippen molar-refractivity contribution in [1.29, 1.82) is 0 Å². The first-order valence-corrected chi connectivity index (χ1v) is 12.1. The lowest BCUT2D eigenvalue weighted by molar-refractivity contribution is 0.0889. The lowest BCUT2D eigenvalue weighted by Crippen LogP contribution is -2.30. The molecule has 1 aromatic carbocycles. The molecule has 0 fully saturated rings.